The van der Waals surface area contributed by atoms with Gasteiger partial charge >= 0.3 is 0 Å². The van der Waals surface area contributed by atoms with Crippen LogP contribution >= 0.6 is 11.3 Å². The third-order valence-electron chi connectivity index (χ3n) is 3.21. The van der Waals surface area contributed by atoms with E-state index in [0.717, 1.165) is 17.1 Å². The van der Waals surface area contributed by atoms with E-state index < -0.39 is 26.6 Å². The van der Waals surface area contributed by atoms with Crippen molar-refractivity contribution in [2.45, 2.75) is 25.3 Å². The zero-order valence-electron chi connectivity index (χ0n) is 12.2. The molecule has 1 aromatic carbocycles. The SMILES string of the molecule is Cc1nn2c(CNS(=O)(=O)c3ccc(F)cc3F)c(C)nc2s1. The first-order valence-electron chi connectivity index (χ1n) is 6.54. The van der Waals surface area contributed by atoms with Crippen LogP contribution in [0.4, 0.5) is 8.78 Å². The van der Waals surface area contributed by atoms with E-state index in [1.165, 1.54) is 11.3 Å². The first-order chi connectivity index (χ1) is 10.8. The first-order valence-corrected chi connectivity index (χ1v) is 8.84. The van der Waals surface area contributed by atoms with Gasteiger partial charge in [0.05, 0.1) is 17.9 Å². The average molecular weight is 358 g/mol. The molecule has 23 heavy (non-hydrogen) atoms. The minimum absolute atomic E-state index is 0.102. The number of fused-ring (bicyclic) bond motifs is 1. The van der Waals surface area contributed by atoms with Crippen molar-refractivity contribution in [2.24, 2.45) is 0 Å². The fraction of sp³-hybridized carbons (Fsp3) is 0.231. The second-order valence-corrected chi connectivity index (χ2v) is 7.75. The molecular formula is C13H12F2N4O2S2. The number of hydrogen-bond acceptors (Lipinski definition) is 5. The van der Waals surface area contributed by atoms with Gasteiger partial charge in [0, 0.05) is 6.07 Å². The van der Waals surface area contributed by atoms with Gasteiger partial charge in [-0.1, -0.05) is 11.3 Å². The van der Waals surface area contributed by atoms with Crippen molar-refractivity contribution in [2.75, 3.05) is 0 Å². The highest BCUT2D eigenvalue weighted by Crippen LogP contribution is 2.19. The monoisotopic (exact) mass is 358 g/mol. The molecule has 122 valence electrons. The minimum Gasteiger partial charge on any atom is -0.223 e. The Morgan fingerprint density at radius 3 is 2.74 bits per heavy atom. The minimum atomic E-state index is -4.12. The Balaban J connectivity index is 1.90. The van der Waals surface area contributed by atoms with Gasteiger partial charge in [-0.25, -0.2) is 31.4 Å². The average Bonchev–Trinajstić information content (AvgIpc) is 2.91. The van der Waals surface area contributed by atoms with Gasteiger partial charge < -0.3 is 0 Å². The lowest BCUT2D eigenvalue weighted by Crippen LogP contribution is -2.25. The number of nitrogens with zero attached hydrogens (tertiary/aromatic N) is 3. The number of imidazole rings is 1. The van der Waals surface area contributed by atoms with Gasteiger partial charge in [0.15, 0.2) is 0 Å². The van der Waals surface area contributed by atoms with Crippen LogP contribution in [0.1, 0.15) is 16.4 Å². The van der Waals surface area contributed by atoms with Crippen molar-refractivity contribution >= 4 is 26.3 Å². The van der Waals surface area contributed by atoms with E-state index in [1.807, 2.05) is 6.92 Å². The van der Waals surface area contributed by atoms with Gasteiger partial charge in [0.1, 0.15) is 21.5 Å². The molecule has 0 saturated carbocycles. The predicted molar refractivity (Wildman–Crippen MR) is 80.7 cm³/mol. The molecule has 0 fully saturated rings. The molecule has 2 aromatic heterocycles. The maximum Gasteiger partial charge on any atom is 0.243 e. The van der Waals surface area contributed by atoms with E-state index in [2.05, 4.69) is 14.8 Å². The molecule has 0 amide bonds. The molecule has 0 aliphatic carbocycles. The Kier molecular flexibility index (Phi) is 3.90. The Labute approximate surface area is 134 Å². The van der Waals surface area contributed by atoms with Crippen LogP contribution in [-0.2, 0) is 16.6 Å². The highest BCUT2D eigenvalue weighted by molar-refractivity contribution is 7.89. The fourth-order valence-electron chi connectivity index (χ4n) is 2.12. The lowest BCUT2D eigenvalue weighted by molar-refractivity contribution is 0.542. The fourth-order valence-corrected chi connectivity index (χ4v) is 3.98. The van der Waals surface area contributed by atoms with Gasteiger partial charge in [-0.2, -0.15) is 5.10 Å². The van der Waals surface area contributed by atoms with Crippen molar-refractivity contribution in [3.63, 3.8) is 0 Å². The van der Waals surface area contributed by atoms with Crippen molar-refractivity contribution in [1.29, 1.82) is 0 Å². The van der Waals surface area contributed by atoms with Crippen molar-refractivity contribution in [3.05, 3.63) is 46.2 Å². The summed E-state index contributed by atoms with van der Waals surface area (Å²) < 4.78 is 54.8. The van der Waals surface area contributed by atoms with Gasteiger partial charge in [0.2, 0.25) is 15.0 Å². The topological polar surface area (TPSA) is 76.4 Å². The second-order valence-electron chi connectivity index (χ2n) is 4.86. The van der Waals surface area contributed by atoms with Crippen molar-refractivity contribution in [3.8, 4) is 0 Å². The number of halogens is 2. The standard InChI is InChI=1S/C13H12F2N4O2S2/c1-7-11(19-13(17-7)22-8(2)18-19)6-16-23(20,21)12-4-3-9(14)5-10(12)15/h3-5,16H,6H2,1-2H3. The van der Waals surface area contributed by atoms with E-state index in [4.69, 9.17) is 0 Å². The molecule has 3 rings (SSSR count). The van der Waals surface area contributed by atoms with Gasteiger partial charge in [-0.05, 0) is 26.0 Å². The molecule has 10 heteroatoms. The number of nitrogens with one attached hydrogen (secondary N) is 1. The number of aromatic nitrogens is 3. The van der Waals surface area contributed by atoms with Crippen molar-refractivity contribution < 1.29 is 17.2 Å². The van der Waals surface area contributed by atoms with E-state index in [-0.39, 0.29) is 6.54 Å². The number of aryl methyl sites for hydroxylation is 2. The number of hydrogen-bond donors (Lipinski definition) is 1. The maximum atomic E-state index is 13.7. The zero-order valence-corrected chi connectivity index (χ0v) is 13.8. The Hall–Kier alpha value is -1.91. The summed E-state index contributed by atoms with van der Waals surface area (Å²) in [4.78, 5) is 4.35. The summed E-state index contributed by atoms with van der Waals surface area (Å²) in [5.74, 6) is -1.98. The molecule has 2 heterocycles. The molecule has 3 aromatic rings. The molecule has 0 unspecified atom stereocenters. The molecule has 0 spiro atoms. The summed E-state index contributed by atoms with van der Waals surface area (Å²) >= 11 is 1.38. The van der Waals surface area contributed by atoms with Crippen molar-refractivity contribution in [1.82, 2.24) is 19.3 Å². The number of sulfonamides is 1. The molecule has 0 saturated heterocycles. The predicted octanol–water partition coefficient (Wildman–Crippen LogP) is 2.16. The van der Waals surface area contributed by atoms with Crippen LogP contribution in [0.25, 0.3) is 4.96 Å². The quantitative estimate of drug-likeness (QED) is 0.775. The van der Waals surface area contributed by atoms with Crippen LogP contribution in [0.3, 0.4) is 0 Å². The summed E-state index contributed by atoms with van der Waals surface area (Å²) in [6, 6.07) is 2.31. The van der Waals surface area contributed by atoms with E-state index in [9.17, 15) is 17.2 Å². The van der Waals surface area contributed by atoms with Crippen LogP contribution in [0.2, 0.25) is 0 Å². The third-order valence-corrected chi connectivity index (χ3v) is 5.47. The highest BCUT2D eigenvalue weighted by atomic mass is 32.2. The molecule has 0 radical (unpaired) electrons. The largest absolute Gasteiger partial charge is 0.243 e. The zero-order chi connectivity index (χ0) is 16.8. The van der Waals surface area contributed by atoms with E-state index >= 15 is 0 Å². The number of benzene rings is 1. The second kappa shape index (κ2) is 5.62. The lowest BCUT2D eigenvalue weighted by atomic mass is 10.3. The molecule has 0 aliphatic heterocycles. The summed E-state index contributed by atoms with van der Waals surface area (Å²) in [6.45, 7) is 3.45. The summed E-state index contributed by atoms with van der Waals surface area (Å²) in [6.07, 6.45) is 0. The Bertz CT molecular complexity index is 995. The summed E-state index contributed by atoms with van der Waals surface area (Å²) in [7, 11) is -4.12. The molecule has 6 nitrogen and oxygen atoms in total. The van der Waals surface area contributed by atoms with Gasteiger partial charge in [-0.3, -0.25) is 0 Å². The van der Waals surface area contributed by atoms with Gasteiger partial charge in [0.25, 0.3) is 0 Å². The van der Waals surface area contributed by atoms with Gasteiger partial charge in [-0.15, -0.1) is 0 Å². The normalized spacial score (nSPS) is 12.2. The van der Waals surface area contributed by atoms with E-state index in [0.29, 0.717) is 22.4 Å². The maximum absolute atomic E-state index is 13.7. The smallest absolute Gasteiger partial charge is 0.223 e. The first kappa shape index (κ1) is 16.0. The molecule has 0 bridgehead atoms. The van der Waals surface area contributed by atoms with Crippen LogP contribution in [0.15, 0.2) is 23.1 Å². The van der Waals surface area contributed by atoms with E-state index in [1.54, 1.807) is 11.4 Å². The molecule has 1 N–H and O–H groups in total. The number of rotatable bonds is 4. The molecular weight excluding hydrogens is 346 g/mol. The Morgan fingerprint density at radius 2 is 2.04 bits per heavy atom. The van der Waals surface area contributed by atoms with Crippen LogP contribution in [0, 0.1) is 25.5 Å². The molecule has 0 atom stereocenters. The van der Waals surface area contributed by atoms with Crippen LogP contribution in [-0.4, -0.2) is 23.0 Å². The third kappa shape index (κ3) is 2.96. The highest BCUT2D eigenvalue weighted by Gasteiger charge is 2.21. The summed E-state index contributed by atoms with van der Waals surface area (Å²) in [5, 5.41) is 5.04. The van der Waals surface area contributed by atoms with Crippen LogP contribution in [0.5, 0.6) is 0 Å². The van der Waals surface area contributed by atoms with Crippen LogP contribution < -0.4 is 4.72 Å². The summed E-state index contributed by atoms with van der Waals surface area (Å²) in [5.41, 5.74) is 1.20. The Morgan fingerprint density at radius 1 is 1.30 bits per heavy atom. The molecule has 0 aliphatic rings. The lowest BCUT2D eigenvalue weighted by Gasteiger charge is -2.07.